The third-order valence-corrected chi connectivity index (χ3v) is 5.80. The predicted octanol–water partition coefficient (Wildman–Crippen LogP) is 3.24. The third-order valence-electron chi connectivity index (χ3n) is 5.80. The SMILES string of the molecule is Cc1oc2ccc(O)c(C[NH+]3CCOCC3)c2c1C(=O)Nc1ccc(C(C)C)cc1. The number of rotatable bonds is 5. The van der Waals surface area contributed by atoms with E-state index >= 15 is 0 Å². The first-order chi connectivity index (χ1) is 14.4. The van der Waals surface area contributed by atoms with Crippen LogP contribution in [0.2, 0.25) is 0 Å². The Morgan fingerprint density at radius 3 is 2.50 bits per heavy atom. The lowest BCUT2D eigenvalue weighted by Crippen LogP contribution is -3.12. The highest BCUT2D eigenvalue weighted by molar-refractivity contribution is 6.14. The summed E-state index contributed by atoms with van der Waals surface area (Å²) in [6.45, 7) is 9.84. The molecule has 0 saturated carbocycles. The summed E-state index contributed by atoms with van der Waals surface area (Å²) < 4.78 is 11.3. The second-order valence-corrected chi connectivity index (χ2v) is 8.24. The Labute approximate surface area is 176 Å². The van der Waals surface area contributed by atoms with Crippen LogP contribution in [0.5, 0.6) is 5.75 Å². The van der Waals surface area contributed by atoms with Crippen molar-refractivity contribution in [1.29, 1.82) is 0 Å². The van der Waals surface area contributed by atoms with E-state index in [1.54, 1.807) is 19.1 Å². The number of fused-ring (bicyclic) bond motifs is 1. The minimum atomic E-state index is -0.229. The molecule has 158 valence electrons. The summed E-state index contributed by atoms with van der Waals surface area (Å²) in [6.07, 6.45) is 0. The van der Waals surface area contributed by atoms with Crippen molar-refractivity contribution in [1.82, 2.24) is 0 Å². The van der Waals surface area contributed by atoms with Crippen molar-refractivity contribution in [2.24, 2.45) is 0 Å². The van der Waals surface area contributed by atoms with Gasteiger partial charge in [0.25, 0.3) is 5.91 Å². The Morgan fingerprint density at radius 1 is 1.13 bits per heavy atom. The summed E-state index contributed by atoms with van der Waals surface area (Å²) in [5.41, 5.74) is 3.81. The Morgan fingerprint density at radius 2 is 1.83 bits per heavy atom. The van der Waals surface area contributed by atoms with Gasteiger partial charge in [-0.25, -0.2) is 0 Å². The third kappa shape index (κ3) is 4.06. The van der Waals surface area contributed by atoms with Gasteiger partial charge in [-0.1, -0.05) is 26.0 Å². The fourth-order valence-corrected chi connectivity index (χ4v) is 4.05. The van der Waals surface area contributed by atoms with Gasteiger partial charge in [0.15, 0.2) is 0 Å². The summed E-state index contributed by atoms with van der Waals surface area (Å²) in [6, 6.07) is 11.3. The summed E-state index contributed by atoms with van der Waals surface area (Å²) in [4.78, 5) is 14.5. The van der Waals surface area contributed by atoms with E-state index in [0.717, 1.165) is 24.3 Å². The average molecular weight is 410 g/mol. The van der Waals surface area contributed by atoms with Crippen molar-refractivity contribution >= 4 is 22.6 Å². The van der Waals surface area contributed by atoms with Crippen LogP contribution in [0.15, 0.2) is 40.8 Å². The molecule has 3 aromatic rings. The number of aromatic hydroxyl groups is 1. The molecule has 1 aromatic heterocycles. The number of carbonyl (C=O) groups excluding carboxylic acids is 1. The van der Waals surface area contributed by atoms with Crippen molar-refractivity contribution < 1.29 is 24.0 Å². The number of aryl methyl sites for hydroxylation is 1. The van der Waals surface area contributed by atoms with E-state index in [1.807, 2.05) is 24.3 Å². The van der Waals surface area contributed by atoms with Gasteiger partial charge in [0.2, 0.25) is 0 Å². The molecule has 0 aliphatic carbocycles. The molecule has 1 aliphatic heterocycles. The van der Waals surface area contributed by atoms with Gasteiger partial charge in [0.1, 0.15) is 36.7 Å². The molecular weight excluding hydrogens is 380 g/mol. The van der Waals surface area contributed by atoms with Crippen LogP contribution in [0.25, 0.3) is 11.0 Å². The van der Waals surface area contributed by atoms with Crippen LogP contribution in [-0.4, -0.2) is 37.3 Å². The molecule has 6 heteroatoms. The van der Waals surface area contributed by atoms with Gasteiger partial charge in [0, 0.05) is 11.1 Å². The number of ether oxygens (including phenoxy) is 1. The first-order valence-electron chi connectivity index (χ1n) is 10.5. The molecule has 2 heterocycles. The molecular formula is C24H29N2O4+. The fraction of sp³-hybridized carbons (Fsp3) is 0.375. The normalized spacial score (nSPS) is 15.1. The van der Waals surface area contributed by atoms with Crippen molar-refractivity contribution in [3.8, 4) is 5.75 Å². The Bertz CT molecular complexity index is 1050. The van der Waals surface area contributed by atoms with E-state index in [-0.39, 0.29) is 11.7 Å². The second kappa shape index (κ2) is 8.50. The zero-order valence-electron chi connectivity index (χ0n) is 17.7. The Kier molecular flexibility index (Phi) is 5.79. The number of benzene rings is 2. The molecule has 0 spiro atoms. The number of furan rings is 1. The molecule has 1 aliphatic rings. The quantitative estimate of drug-likeness (QED) is 0.605. The lowest BCUT2D eigenvalue weighted by atomic mass is 10.0. The lowest BCUT2D eigenvalue weighted by molar-refractivity contribution is -0.921. The van der Waals surface area contributed by atoms with E-state index in [4.69, 9.17) is 9.15 Å². The van der Waals surface area contributed by atoms with Crippen LogP contribution in [0.4, 0.5) is 5.69 Å². The van der Waals surface area contributed by atoms with Crippen LogP contribution < -0.4 is 10.2 Å². The van der Waals surface area contributed by atoms with Crippen LogP contribution in [0.1, 0.15) is 47.0 Å². The number of anilines is 1. The number of phenols is 1. The number of nitrogens with one attached hydrogen (secondary N) is 2. The van der Waals surface area contributed by atoms with Gasteiger partial charge < -0.3 is 24.5 Å². The minimum Gasteiger partial charge on any atom is -0.507 e. The molecule has 6 nitrogen and oxygen atoms in total. The highest BCUT2D eigenvalue weighted by Crippen LogP contribution is 2.34. The summed E-state index contributed by atoms with van der Waals surface area (Å²) in [5.74, 6) is 0.943. The smallest absolute Gasteiger partial charge is 0.259 e. The standard InChI is InChI=1S/C24H28N2O4/c1-15(2)17-4-6-18(7-5-17)25-24(28)22-16(3)30-21-9-8-20(27)19(23(21)22)14-26-10-12-29-13-11-26/h4-9,15,27H,10-14H2,1-3H3,(H,25,28)/p+1. The van der Waals surface area contributed by atoms with Crippen LogP contribution >= 0.6 is 0 Å². The zero-order chi connectivity index (χ0) is 21.3. The molecule has 1 saturated heterocycles. The molecule has 3 N–H and O–H groups in total. The van der Waals surface area contributed by atoms with Crippen LogP contribution in [-0.2, 0) is 11.3 Å². The van der Waals surface area contributed by atoms with Crippen LogP contribution in [0, 0.1) is 6.92 Å². The maximum absolute atomic E-state index is 13.2. The van der Waals surface area contributed by atoms with Gasteiger partial charge in [-0.05, 0) is 42.7 Å². The number of quaternary nitrogens is 1. The maximum Gasteiger partial charge on any atom is 0.259 e. The number of amides is 1. The van der Waals surface area contributed by atoms with Crippen molar-refractivity contribution in [2.45, 2.75) is 33.2 Å². The van der Waals surface area contributed by atoms with Crippen molar-refractivity contribution in [3.63, 3.8) is 0 Å². The molecule has 1 fully saturated rings. The predicted molar refractivity (Wildman–Crippen MR) is 116 cm³/mol. The maximum atomic E-state index is 13.2. The highest BCUT2D eigenvalue weighted by atomic mass is 16.5. The summed E-state index contributed by atoms with van der Waals surface area (Å²) in [5, 5.41) is 14.3. The zero-order valence-corrected chi connectivity index (χ0v) is 17.7. The number of hydrogen-bond donors (Lipinski definition) is 3. The molecule has 30 heavy (non-hydrogen) atoms. The van der Waals surface area contributed by atoms with Crippen molar-refractivity contribution in [2.75, 3.05) is 31.6 Å². The fourth-order valence-electron chi connectivity index (χ4n) is 4.05. The van der Waals surface area contributed by atoms with E-state index in [0.29, 0.717) is 48.0 Å². The second-order valence-electron chi connectivity index (χ2n) is 8.24. The monoisotopic (exact) mass is 409 g/mol. The molecule has 0 bridgehead atoms. The topological polar surface area (TPSA) is 76.1 Å². The van der Waals surface area contributed by atoms with E-state index < -0.39 is 0 Å². The molecule has 1 amide bonds. The Hall–Kier alpha value is -2.83. The first-order valence-corrected chi connectivity index (χ1v) is 10.5. The van der Waals surface area contributed by atoms with Gasteiger partial charge in [0.05, 0.1) is 24.3 Å². The minimum absolute atomic E-state index is 0.192. The average Bonchev–Trinajstić information content (AvgIpc) is 3.07. The molecule has 2 aromatic carbocycles. The van der Waals surface area contributed by atoms with Gasteiger partial charge in [-0.3, -0.25) is 4.79 Å². The van der Waals surface area contributed by atoms with Crippen molar-refractivity contribution in [3.05, 3.63) is 58.8 Å². The van der Waals surface area contributed by atoms with Gasteiger partial charge in [-0.2, -0.15) is 0 Å². The first kappa shape index (κ1) is 20.4. The lowest BCUT2D eigenvalue weighted by Gasteiger charge is -2.24. The number of carbonyl (C=O) groups is 1. The Balaban J connectivity index is 1.68. The van der Waals surface area contributed by atoms with Gasteiger partial charge in [-0.15, -0.1) is 0 Å². The van der Waals surface area contributed by atoms with E-state index in [2.05, 4.69) is 19.2 Å². The molecule has 0 unspecified atom stereocenters. The largest absolute Gasteiger partial charge is 0.507 e. The highest BCUT2D eigenvalue weighted by Gasteiger charge is 2.26. The van der Waals surface area contributed by atoms with E-state index in [9.17, 15) is 9.90 Å². The van der Waals surface area contributed by atoms with Crippen LogP contribution in [0.3, 0.4) is 0 Å². The summed E-state index contributed by atoms with van der Waals surface area (Å²) in [7, 11) is 0. The van der Waals surface area contributed by atoms with E-state index in [1.165, 1.54) is 10.5 Å². The molecule has 0 radical (unpaired) electrons. The molecule has 0 atom stereocenters. The number of morpholine rings is 1. The van der Waals surface area contributed by atoms with Gasteiger partial charge >= 0.3 is 0 Å². The summed E-state index contributed by atoms with van der Waals surface area (Å²) >= 11 is 0. The number of hydrogen-bond acceptors (Lipinski definition) is 4. The number of phenolic OH excluding ortho intramolecular Hbond substituents is 1. The molecule has 4 rings (SSSR count).